The number of hydrogen-bond donors (Lipinski definition) is 1. The third kappa shape index (κ3) is 5.40. The Morgan fingerprint density at radius 1 is 0.806 bits per heavy atom. The second-order valence-electron chi connectivity index (χ2n) is 9.49. The molecule has 7 heteroatoms. The number of hydrogen-bond acceptors (Lipinski definition) is 3. The molecule has 0 radical (unpaired) electrons. The van der Waals surface area contributed by atoms with Crippen molar-refractivity contribution in [2.45, 2.75) is 25.2 Å². The van der Waals surface area contributed by atoms with E-state index in [4.69, 9.17) is 0 Å². The van der Waals surface area contributed by atoms with Crippen LogP contribution in [-0.2, 0) is 17.6 Å². The van der Waals surface area contributed by atoms with E-state index >= 15 is 0 Å². The van der Waals surface area contributed by atoms with Gasteiger partial charge in [-0.3, -0.25) is 14.6 Å². The van der Waals surface area contributed by atoms with Gasteiger partial charge in [0, 0.05) is 43.5 Å². The molecule has 1 atom stereocenters. The molecule has 36 heavy (non-hydrogen) atoms. The summed E-state index contributed by atoms with van der Waals surface area (Å²) in [5.41, 5.74) is 6.42. The van der Waals surface area contributed by atoms with Gasteiger partial charge in [-0.2, -0.15) is 0 Å². The van der Waals surface area contributed by atoms with E-state index in [1.54, 1.807) is 4.90 Å². The highest BCUT2D eigenvalue weighted by molar-refractivity contribution is 6.06. The van der Waals surface area contributed by atoms with Crippen LogP contribution in [0.4, 0.5) is 16.2 Å². The zero-order chi connectivity index (χ0) is 24.4. The molecule has 3 aromatic carbocycles. The molecule has 0 saturated carbocycles. The van der Waals surface area contributed by atoms with Gasteiger partial charge in [0.05, 0.1) is 6.42 Å². The van der Waals surface area contributed by atoms with Crippen LogP contribution in [0.25, 0.3) is 0 Å². The maximum absolute atomic E-state index is 13.3. The Morgan fingerprint density at radius 3 is 2.06 bits per heavy atom. The van der Waals surface area contributed by atoms with Gasteiger partial charge >= 0.3 is 12.0 Å². The van der Waals surface area contributed by atoms with Crippen LogP contribution in [-0.4, -0.2) is 55.2 Å². The van der Waals surface area contributed by atoms with Crippen molar-refractivity contribution < 1.29 is 14.7 Å². The maximum Gasteiger partial charge on any atom is 0.329 e. The van der Waals surface area contributed by atoms with E-state index in [-0.39, 0.29) is 30.8 Å². The Hall–Kier alpha value is -3.35. The number of likely N-dealkylation sites (N-methyl/N-ethyl adjacent to an activating group) is 1. The minimum absolute atomic E-state index is 0. The molecule has 1 saturated heterocycles. The van der Waals surface area contributed by atoms with Gasteiger partial charge in [-0.25, -0.2) is 4.79 Å². The Bertz CT molecular complexity index is 1220. The summed E-state index contributed by atoms with van der Waals surface area (Å²) < 4.78 is 0. The zero-order valence-corrected chi connectivity index (χ0v) is 21.3. The van der Waals surface area contributed by atoms with E-state index < -0.39 is 5.97 Å². The second kappa shape index (κ2) is 11.1. The molecule has 1 unspecified atom stereocenters. The SMILES string of the molecule is CN1CCc2ccc(N3CCN(c4ccc(C(CC(=O)O)c5ccccc5)cc4)C3=O)cc2CC1.Cl. The third-order valence-corrected chi connectivity index (χ3v) is 7.22. The predicted octanol–water partition coefficient (Wildman–Crippen LogP) is 5.19. The smallest absolute Gasteiger partial charge is 0.329 e. The Labute approximate surface area is 218 Å². The fraction of sp³-hybridized carbons (Fsp3) is 0.310. The van der Waals surface area contributed by atoms with Gasteiger partial charge in [-0.1, -0.05) is 48.5 Å². The first-order valence-corrected chi connectivity index (χ1v) is 12.3. The lowest BCUT2D eigenvalue weighted by atomic mass is 9.88. The molecule has 0 spiro atoms. The number of aliphatic carboxylic acids is 1. The van der Waals surface area contributed by atoms with Crippen molar-refractivity contribution in [1.82, 2.24) is 4.90 Å². The van der Waals surface area contributed by atoms with Gasteiger partial charge in [-0.05, 0) is 66.4 Å². The largest absolute Gasteiger partial charge is 0.481 e. The number of rotatable bonds is 6. The molecule has 2 aliphatic rings. The average molecular weight is 506 g/mol. The van der Waals surface area contributed by atoms with E-state index in [9.17, 15) is 14.7 Å². The van der Waals surface area contributed by atoms with Gasteiger partial charge in [0.25, 0.3) is 0 Å². The third-order valence-electron chi connectivity index (χ3n) is 7.22. The maximum atomic E-state index is 13.3. The number of halogens is 1. The number of amides is 2. The molecule has 0 aromatic heterocycles. The summed E-state index contributed by atoms with van der Waals surface area (Å²) in [6.07, 6.45) is 2.07. The summed E-state index contributed by atoms with van der Waals surface area (Å²) in [5.74, 6) is -1.06. The predicted molar refractivity (Wildman–Crippen MR) is 146 cm³/mol. The Kier molecular flexibility index (Phi) is 7.97. The molecule has 2 aliphatic heterocycles. The standard InChI is InChI=1S/C29H31N3O3.ClH/c1-30-15-13-21-7-12-26(19-24(21)14-16-30)32-18-17-31(29(32)35)25-10-8-23(9-11-25)27(20-28(33)34)22-5-3-2-4-6-22;/h2-12,19,27H,13-18,20H2,1H3,(H,33,34);1H. The number of carboxylic acid groups (broad SMARTS) is 1. The minimum Gasteiger partial charge on any atom is -0.481 e. The molecule has 1 fully saturated rings. The molecule has 3 aromatic rings. The van der Waals surface area contributed by atoms with E-state index in [1.165, 1.54) is 11.1 Å². The normalized spacial score (nSPS) is 16.8. The van der Waals surface area contributed by atoms with Gasteiger partial charge < -0.3 is 10.0 Å². The number of nitrogens with zero attached hydrogens (tertiary/aromatic N) is 3. The lowest BCUT2D eigenvalue weighted by Crippen LogP contribution is -2.31. The highest BCUT2D eigenvalue weighted by Crippen LogP contribution is 2.32. The zero-order valence-electron chi connectivity index (χ0n) is 20.5. The summed E-state index contributed by atoms with van der Waals surface area (Å²) in [6, 6.07) is 23.9. The number of benzene rings is 3. The first kappa shape index (κ1) is 25.7. The monoisotopic (exact) mass is 505 g/mol. The summed E-state index contributed by atoms with van der Waals surface area (Å²) in [5, 5.41) is 9.45. The van der Waals surface area contributed by atoms with Crippen molar-refractivity contribution in [3.8, 4) is 0 Å². The number of urea groups is 1. The second-order valence-corrected chi connectivity index (χ2v) is 9.49. The van der Waals surface area contributed by atoms with Gasteiger partial charge in [0.1, 0.15) is 0 Å². The van der Waals surface area contributed by atoms with Crippen molar-refractivity contribution in [3.05, 3.63) is 95.1 Å². The molecule has 0 bridgehead atoms. The summed E-state index contributed by atoms with van der Waals surface area (Å²) in [4.78, 5) is 30.9. The molecule has 2 amide bonds. The van der Waals surface area contributed by atoms with Gasteiger partial charge in [0.2, 0.25) is 0 Å². The Morgan fingerprint density at radius 2 is 1.39 bits per heavy atom. The minimum atomic E-state index is -0.833. The number of carbonyl (C=O) groups is 2. The molecular weight excluding hydrogens is 474 g/mol. The van der Waals surface area contributed by atoms with Crippen LogP contribution < -0.4 is 9.80 Å². The van der Waals surface area contributed by atoms with Crippen molar-refractivity contribution in [2.24, 2.45) is 0 Å². The number of anilines is 2. The van der Waals surface area contributed by atoms with E-state index in [2.05, 4.69) is 30.1 Å². The highest BCUT2D eigenvalue weighted by atomic mass is 35.5. The highest BCUT2D eigenvalue weighted by Gasteiger charge is 2.31. The van der Waals surface area contributed by atoms with E-state index in [0.29, 0.717) is 13.1 Å². The summed E-state index contributed by atoms with van der Waals surface area (Å²) in [6.45, 7) is 3.37. The van der Waals surface area contributed by atoms with Crippen molar-refractivity contribution in [1.29, 1.82) is 0 Å². The molecule has 0 aliphatic carbocycles. The van der Waals surface area contributed by atoms with Crippen LogP contribution in [0, 0.1) is 0 Å². The van der Waals surface area contributed by atoms with Crippen LogP contribution >= 0.6 is 12.4 Å². The summed E-state index contributed by atoms with van der Waals surface area (Å²) >= 11 is 0. The van der Waals surface area contributed by atoms with Crippen molar-refractivity contribution in [2.75, 3.05) is 43.0 Å². The van der Waals surface area contributed by atoms with Crippen LogP contribution in [0.1, 0.15) is 34.6 Å². The molecule has 2 heterocycles. The van der Waals surface area contributed by atoms with E-state index in [1.807, 2.05) is 59.5 Å². The fourth-order valence-corrected chi connectivity index (χ4v) is 5.18. The van der Waals surface area contributed by atoms with Crippen LogP contribution in [0.3, 0.4) is 0 Å². The number of carboxylic acids is 1. The van der Waals surface area contributed by atoms with Crippen LogP contribution in [0.2, 0.25) is 0 Å². The topological polar surface area (TPSA) is 64.1 Å². The fourth-order valence-electron chi connectivity index (χ4n) is 5.18. The molecule has 6 nitrogen and oxygen atoms in total. The molecule has 5 rings (SSSR count). The molecule has 1 N–H and O–H groups in total. The van der Waals surface area contributed by atoms with Crippen LogP contribution in [0.15, 0.2) is 72.8 Å². The average Bonchev–Trinajstić information content (AvgIpc) is 3.16. The first-order chi connectivity index (χ1) is 17.0. The van der Waals surface area contributed by atoms with Gasteiger partial charge in [-0.15, -0.1) is 12.4 Å². The van der Waals surface area contributed by atoms with E-state index in [0.717, 1.165) is 48.4 Å². The van der Waals surface area contributed by atoms with Crippen LogP contribution in [0.5, 0.6) is 0 Å². The lowest BCUT2D eigenvalue weighted by Gasteiger charge is -2.21. The van der Waals surface area contributed by atoms with Gasteiger partial charge in [0.15, 0.2) is 0 Å². The van der Waals surface area contributed by atoms with Crippen molar-refractivity contribution >= 4 is 35.8 Å². The number of fused-ring (bicyclic) bond motifs is 1. The lowest BCUT2D eigenvalue weighted by molar-refractivity contribution is -0.137. The number of carbonyl (C=O) groups excluding carboxylic acids is 1. The van der Waals surface area contributed by atoms with Crippen molar-refractivity contribution in [3.63, 3.8) is 0 Å². The molecular formula is C29H32ClN3O3. The molecule has 188 valence electrons. The quantitative estimate of drug-likeness (QED) is 0.500. The summed E-state index contributed by atoms with van der Waals surface area (Å²) in [7, 11) is 2.16. The Balaban J connectivity index is 0.00000304. The first-order valence-electron chi connectivity index (χ1n) is 12.3.